The van der Waals surface area contributed by atoms with Gasteiger partial charge in [0.05, 0.1) is 0 Å². The van der Waals surface area contributed by atoms with Gasteiger partial charge in [-0.15, -0.1) is 0 Å². The molecule has 1 atom stereocenters. The van der Waals surface area contributed by atoms with Crippen molar-refractivity contribution in [3.8, 4) is 0 Å². The zero-order valence-electron chi connectivity index (χ0n) is 17.4. The average Bonchev–Trinajstić information content (AvgIpc) is 2.80. The van der Waals surface area contributed by atoms with Crippen LogP contribution in [0.25, 0.3) is 0 Å². The zero-order chi connectivity index (χ0) is 21.6. The topological polar surface area (TPSA) is 61.3 Å². The van der Waals surface area contributed by atoms with E-state index in [1.807, 2.05) is 60.7 Å². The van der Waals surface area contributed by atoms with Crippen LogP contribution in [-0.2, 0) is 17.4 Å². The van der Waals surface area contributed by atoms with Gasteiger partial charge in [0, 0.05) is 32.0 Å². The van der Waals surface area contributed by atoms with Crippen molar-refractivity contribution in [2.75, 3.05) is 11.5 Å². The highest BCUT2D eigenvalue weighted by atomic mass is 31.0. The Kier molecular flexibility index (Phi) is 6.66. The summed E-state index contributed by atoms with van der Waals surface area (Å²) in [6, 6.07) is 32.9. The summed E-state index contributed by atoms with van der Waals surface area (Å²) in [7, 11) is 2.38. The molecule has 0 aromatic heterocycles. The Balaban J connectivity index is 1.68. The van der Waals surface area contributed by atoms with Gasteiger partial charge >= 0.3 is 0 Å². The van der Waals surface area contributed by atoms with Gasteiger partial charge in [-0.25, -0.2) is 0 Å². The summed E-state index contributed by atoms with van der Waals surface area (Å²) in [5.74, 6) is 0. The van der Waals surface area contributed by atoms with Crippen LogP contribution in [0.4, 0.5) is 11.4 Å². The van der Waals surface area contributed by atoms with Gasteiger partial charge in [-0.1, -0.05) is 97.1 Å². The molecule has 31 heavy (non-hydrogen) atoms. The summed E-state index contributed by atoms with van der Waals surface area (Å²) in [6.07, 6.45) is 1.18. The second-order valence-electron chi connectivity index (χ2n) is 7.68. The van der Waals surface area contributed by atoms with E-state index in [2.05, 4.69) is 45.9 Å². The highest BCUT2D eigenvalue weighted by Gasteiger charge is 2.21. The lowest BCUT2D eigenvalue weighted by Crippen LogP contribution is -2.11. The highest BCUT2D eigenvalue weighted by Crippen LogP contribution is 2.38. The standard InChI is InChI=1S/C27H27N2OP/c28-25-21(17-19-9-3-1-4-10-19)13-7-15-23(25)27(30-31)24-16-8-14-22(26(24)29)18-20-11-5-2-6-12-20/h1-16,27H,17-18,28-29,31H2. The fraction of sp³-hybridized carbons (Fsp3) is 0.111. The van der Waals surface area contributed by atoms with E-state index in [1.165, 1.54) is 11.1 Å². The molecule has 0 saturated heterocycles. The van der Waals surface area contributed by atoms with Crippen molar-refractivity contribution in [1.29, 1.82) is 0 Å². The lowest BCUT2D eigenvalue weighted by atomic mass is 9.92. The number of rotatable bonds is 7. The fourth-order valence-corrected chi connectivity index (χ4v) is 4.27. The summed E-state index contributed by atoms with van der Waals surface area (Å²) < 4.78 is 5.85. The van der Waals surface area contributed by atoms with E-state index >= 15 is 0 Å². The molecule has 0 heterocycles. The molecule has 1 unspecified atom stereocenters. The molecule has 0 aliphatic rings. The Hall–Kier alpha value is -3.13. The molecule has 156 valence electrons. The first-order valence-electron chi connectivity index (χ1n) is 10.3. The maximum Gasteiger partial charge on any atom is 0.115 e. The Bertz CT molecular complexity index is 1060. The van der Waals surface area contributed by atoms with Crippen LogP contribution >= 0.6 is 9.47 Å². The third-order valence-electron chi connectivity index (χ3n) is 5.64. The molecule has 4 rings (SSSR count). The van der Waals surface area contributed by atoms with Crippen LogP contribution in [0.2, 0.25) is 0 Å². The number of nitrogen functional groups attached to an aromatic ring is 2. The lowest BCUT2D eigenvalue weighted by Gasteiger charge is -2.22. The SMILES string of the molecule is Nc1c(Cc2ccccc2)cccc1C(OP)c1cccc(Cc2ccccc2)c1N. The normalized spacial score (nSPS) is 11.0. The fourth-order valence-electron chi connectivity index (χ4n) is 3.98. The lowest BCUT2D eigenvalue weighted by molar-refractivity contribution is 0.295. The Morgan fingerprint density at radius 1 is 0.581 bits per heavy atom. The smallest absolute Gasteiger partial charge is 0.115 e. The summed E-state index contributed by atoms with van der Waals surface area (Å²) in [5, 5.41) is 0. The van der Waals surface area contributed by atoms with Crippen molar-refractivity contribution in [3.63, 3.8) is 0 Å². The van der Waals surface area contributed by atoms with Crippen LogP contribution in [0.1, 0.15) is 39.5 Å². The van der Waals surface area contributed by atoms with E-state index in [4.69, 9.17) is 16.0 Å². The third-order valence-corrected chi connectivity index (χ3v) is 5.91. The first-order chi connectivity index (χ1) is 15.2. The van der Waals surface area contributed by atoms with Crippen LogP contribution in [0.3, 0.4) is 0 Å². The van der Waals surface area contributed by atoms with Crippen molar-refractivity contribution in [2.24, 2.45) is 0 Å². The van der Waals surface area contributed by atoms with Crippen LogP contribution < -0.4 is 11.5 Å². The summed E-state index contributed by atoms with van der Waals surface area (Å²) in [4.78, 5) is 0. The molecule has 4 N–H and O–H groups in total. The van der Waals surface area contributed by atoms with Gasteiger partial charge in [0.25, 0.3) is 0 Å². The molecule has 3 nitrogen and oxygen atoms in total. The summed E-state index contributed by atoms with van der Waals surface area (Å²) in [5.41, 5.74) is 21.2. The molecule has 0 bridgehead atoms. The van der Waals surface area contributed by atoms with Gasteiger partial charge in [0.1, 0.15) is 6.10 Å². The monoisotopic (exact) mass is 426 g/mol. The maximum absolute atomic E-state index is 6.63. The van der Waals surface area contributed by atoms with Gasteiger partial charge in [-0.05, 0) is 35.1 Å². The van der Waals surface area contributed by atoms with Crippen molar-refractivity contribution >= 4 is 20.8 Å². The number of hydrogen-bond acceptors (Lipinski definition) is 3. The van der Waals surface area contributed by atoms with E-state index in [9.17, 15) is 0 Å². The predicted octanol–water partition coefficient (Wildman–Crippen LogP) is 5.93. The first-order valence-corrected chi connectivity index (χ1v) is 10.8. The molecular formula is C27H27N2OP. The van der Waals surface area contributed by atoms with Crippen LogP contribution in [-0.4, -0.2) is 0 Å². The minimum Gasteiger partial charge on any atom is -0.398 e. The minimum absolute atomic E-state index is 0.364. The second kappa shape index (κ2) is 9.78. The van der Waals surface area contributed by atoms with E-state index < -0.39 is 0 Å². The van der Waals surface area contributed by atoms with Gasteiger partial charge in [-0.2, -0.15) is 0 Å². The molecule has 4 aromatic carbocycles. The van der Waals surface area contributed by atoms with Crippen LogP contribution in [0.15, 0.2) is 97.1 Å². The van der Waals surface area contributed by atoms with Crippen LogP contribution in [0.5, 0.6) is 0 Å². The zero-order valence-corrected chi connectivity index (χ0v) is 18.5. The molecule has 0 aliphatic heterocycles. The molecule has 0 saturated carbocycles. The van der Waals surface area contributed by atoms with E-state index in [0.717, 1.165) is 46.5 Å². The van der Waals surface area contributed by atoms with Crippen molar-refractivity contribution in [1.82, 2.24) is 0 Å². The van der Waals surface area contributed by atoms with Gasteiger partial charge in [0.2, 0.25) is 0 Å². The number of nitrogens with two attached hydrogens (primary N) is 2. The number of benzene rings is 4. The molecule has 0 aliphatic carbocycles. The maximum atomic E-state index is 6.63. The van der Waals surface area contributed by atoms with Gasteiger partial charge in [0.15, 0.2) is 0 Å². The largest absolute Gasteiger partial charge is 0.398 e. The Morgan fingerprint density at radius 2 is 1.00 bits per heavy atom. The average molecular weight is 427 g/mol. The van der Waals surface area contributed by atoms with Gasteiger partial charge < -0.3 is 16.0 Å². The molecule has 0 spiro atoms. The minimum atomic E-state index is -0.364. The number of anilines is 2. The van der Waals surface area contributed by atoms with Crippen molar-refractivity contribution < 1.29 is 4.52 Å². The van der Waals surface area contributed by atoms with Crippen LogP contribution in [0, 0.1) is 0 Å². The first kappa shape index (κ1) is 21.1. The summed E-state index contributed by atoms with van der Waals surface area (Å²) >= 11 is 0. The second-order valence-corrected chi connectivity index (χ2v) is 7.95. The highest BCUT2D eigenvalue weighted by molar-refractivity contribution is 7.09. The quantitative estimate of drug-likeness (QED) is 0.284. The van der Waals surface area contributed by atoms with E-state index in [0.29, 0.717) is 0 Å². The molecule has 0 fully saturated rings. The molecule has 4 heteroatoms. The Morgan fingerprint density at radius 3 is 1.39 bits per heavy atom. The van der Waals surface area contributed by atoms with E-state index in [-0.39, 0.29) is 6.10 Å². The molecule has 4 aromatic rings. The van der Waals surface area contributed by atoms with E-state index in [1.54, 1.807) is 0 Å². The summed E-state index contributed by atoms with van der Waals surface area (Å²) in [6.45, 7) is 0. The number of hydrogen-bond donors (Lipinski definition) is 2. The molecular weight excluding hydrogens is 399 g/mol. The van der Waals surface area contributed by atoms with Gasteiger partial charge in [-0.3, -0.25) is 0 Å². The van der Waals surface area contributed by atoms with Crippen molar-refractivity contribution in [3.05, 3.63) is 130 Å². The third kappa shape index (κ3) is 4.80. The molecule has 0 amide bonds. The Labute approximate surface area is 186 Å². The van der Waals surface area contributed by atoms with Crippen molar-refractivity contribution in [2.45, 2.75) is 18.9 Å². The predicted molar refractivity (Wildman–Crippen MR) is 133 cm³/mol. The molecule has 0 radical (unpaired) electrons. The number of para-hydroxylation sites is 2.